The fourth-order valence-corrected chi connectivity index (χ4v) is 3.30. The maximum Gasteiger partial charge on any atom is 0.358 e. The Morgan fingerprint density at radius 1 is 0.971 bits per heavy atom. The number of benzene rings is 1. The van der Waals surface area contributed by atoms with Crippen LogP contribution in [0.25, 0.3) is 11.3 Å². The van der Waals surface area contributed by atoms with Crippen LogP contribution in [-0.2, 0) is 9.53 Å². The lowest BCUT2D eigenvalue weighted by molar-refractivity contribution is -0.117. The van der Waals surface area contributed by atoms with Crippen molar-refractivity contribution < 1.29 is 23.9 Å². The third kappa shape index (κ3) is 5.16. The minimum absolute atomic E-state index is 0.0183. The third-order valence-electron chi connectivity index (χ3n) is 5.26. The zero-order valence-electron chi connectivity index (χ0n) is 19.3. The second kappa shape index (κ2) is 10.1. The molecule has 12 nitrogen and oxygen atoms in total. The second-order valence-corrected chi connectivity index (χ2v) is 7.64. The molecule has 4 rings (SSSR count). The first-order valence-corrected chi connectivity index (χ1v) is 10.7. The van der Waals surface area contributed by atoms with Crippen LogP contribution in [0.2, 0.25) is 0 Å². The Bertz CT molecular complexity index is 1280. The third-order valence-corrected chi connectivity index (χ3v) is 5.26. The van der Waals surface area contributed by atoms with Gasteiger partial charge in [-0.15, -0.1) is 20.4 Å². The summed E-state index contributed by atoms with van der Waals surface area (Å²) in [5, 5.41) is 24.4. The van der Waals surface area contributed by atoms with E-state index in [9.17, 15) is 14.4 Å². The first-order chi connectivity index (χ1) is 16.9. The number of amides is 2. The molecule has 0 unspecified atom stereocenters. The first-order valence-electron chi connectivity index (χ1n) is 10.7. The van der Waals surface area contributed by atoms with Crippen molar-refractivity contribution in [2.75, 3.05) is 31.9 Å². The van der Waals surface area contributed by atoms with Crippen LogP contribution in [-0.4, -0.2) is 59.4 Å². The number of anilines is 3. The number of carbonyl (C=O) groups is 3. The second-order valence-electron chi connectivity index (χ2n) is 7.64. The van der Waals surface area contributed by atoms with Gasteiger partial charge in [0.15, 0.2) is 23.0 Å². The van der Waals surface area contributed by atoms with Gasteiger partial charge in [-0.2, -0.15) is 0 Å². The Labute approximate surface area is 200 Å². The Hall–Kier alpha value is -4.61. The summed E-state index contributed by atoms with van der Waals surface area (Å²) in [5.74, 6) is -0.573. The van der Waals surface area contributed by atoms with Crippen molar-refractivity contribution in [3.63, 3.8) is 0 Å². The fraction of sp³-hybridized carbons (Fsp3) is 0.261. The Kier molecular flexibility index (Phi) is 6.81. The standard InChI is InChI=1S/C23H23N7O5/c1-24-22(32)19-17(11-18(29-30-19)26-21(31)12-7-8-12)25-15-6-4-5-13(20(15)34-2)14-9-10-16(28-27-14)23(33)35-3/h4-6,9-12H,7-8H2,1-3H3,(H,24,32)(H2,25,26,29,31). The van der Waals surface area contributed by atoms with Gasteiger partial charge in [-0.3, -0.25) is 9.59 Å². The van der Waals surface area contributed by atoms with Crippen molar-refractivity contribution >= 4 is 35.0 Å². The van der Waals surface area contributed by atoms with Gasteiger partial charge in [0.05, 0.1) is 31.3 Å². The molecule has 3 N–H and O–H groups in total. The molecule has 0 saturated heterocycles. The fourth-order valence-electron chi connectivity index (χ4n) is 3.30. The number of carbonyl (C=O) groups excluding carboxylic acids is 3. The van der Waals surface area contributed by atoms with Crippen molar-refractivity contribution in [2.24, 2.45) is 5.92 Å². The summed E-state index contributed by atoms with van der Waals surface area (Å²) in [6, 6.07) is 9.94. The van der Waals surface area contributed by atoms with Crippen LogP contribution in [0.3, 0.4) is 0 Å². The van der Waals surface area contributed by atoms with Gasteiger partial charge < -0.3 is 25.4 Å². The normalized spacial score (nSPS) is 12.4. The Morgan fingerprint density at radius 2 is 1.77 bits per heavy atom. The lowest BCUT2D eigenvalue weighted by atomic mass is 10.1. The summed E-state index contributed by atoms with van der Waals surface area (Å²) < 4.78 is 10.3. The van der Waals surface area contributed by atoms with Gasteiger partial charge in [-0.1, -0.05) is 6.07 Å². The number of para-hydroxylation sites is 1. The van der Waals surface area contributed by atoms with E-state index < -0.39 is 11.9 Å². The van der Waals surface area contributed by atoms with Crippen molar-refractivity contribution in [2.45, 2.75) is 12.8 Å². The molecule has 0 atom stereocenters. The lowest BCUT2D eigenvalue weighted by Crippen LogP contribution is -2.22. The Balaban J connectivity index is 1.69. The molecule has 2 heterocycles. The van der Waals surface area contributed by atoms with Crippen molar-refractivity contribution in [3.05, 3.63) is 47.8 Å². The molecular weight excluding hydrogens is 454 g/mol. The number of rotatable bonds is 8. The number of hydrogen-bond acceptors (Lipinski definition) is 10. The Morgan fingerprint density at radius 3 is 2.40 bits per heavy atom. The topological polar surface area (TPSA) is 157 Å². The zero-order chi connectivity index (χ0) is 24.9. The molecule has 0 aliphatic heterocycles. The highest BCUT2D eigenvalue weighted by molar-refractivity contribution is 6.00. The lowest BCUT2D eigenvalue weighted by Gasteiger charge is -2.16. The molecule has 0 bridgehead atoms. The summed E-state index contributed by atoms with van der Waals surface area (Å²) >= 11 is 0. The van der Waals surface area contributed by atoms with Gasteiger partial charge >= 0.3 is 5.97 Å². The summed E-state index contributed by atoms with van der Waals surface area (Å²) in [6.45, 7) is 0. The van der Waals surface area contributed by atoms with Crippen LogP contribution >= 0.6 is 0 Å². The molecule has 0 spiro atoms. The van der Waals surface area contributed by atoms with E-state index >= 15 is 0 Å². The molecule has 3 aromatic rings. The quantitative estimate of drug-likeness (QED) is 0.411. The van der Waals surface area contributed by atoms with Gasteiger partial charge in [-0.25, -0.2) is 4.79 Å². The van der Waals surface area contributed by atoms with E-state index in [-0.39, 0.29) is 29.0 Å². The van der Waals surface area contributed by atoms with E-state index in [2.05, 4.69) is 41.1 Å². The maximum absolute atomic E-state index is 12.4. The van der Waals surface area contributed by atoms with E-state index in [1.54, 1.807) is 24.3 Å². The van der Waals surface area contributed by atoms with E-state index in [4.69, 9.17) is 4.74 Å². The predicted octanol–water partition coefficient (Wildman–Crippen LogP) is 2.18. The van der Waals surface area contributed by atoms with Crippen LogP contribution in [0.5, 0.6) is 5.75 Å². The molecule has 2 aromatic heterocycles. The highest BCUT2D eigenvalue weighted by Crippen LogP contribution is 2.37. The molecule has 35 heavy (non-hydrogen) atoms. The smallest absolute Gasteiger partial charge is 0.358 e. The molecule has 1 aromatic carbocycles. The van der Waals surface area contributed by atoms with Crippen LogP contribution in [0.4, 0.5) is 17.2 Å². The van der Waals surface area contributed by atoms with Crippen molar-refractivity contribution in [1.29, 1.82) is 0 Å². The average Bonchev–Trinajstić information content (AvgIpc) is 3.74. The maximum atomic E-state index is 12.4. The summed E-state index contributed by atoms with van der Waals surface area (Å²) in [4.78, 5) is 36.2. The number of ether oxygens (including phenoxy) is 2. The number of aromatic nitrogens is 4. The number of nitrogens with one attached hydrogen (secondary N) is 3. The molecule has 1 aliphatic carbocycles. The predicted molar refractivity (Wildman–Crippen MR) is 125 cm³/mol. The SMILES string of the molecule is CNC(=O)c1nnc(NC(=O)C2CC2)cc1Nc1cccc(-c2ccc(C(=O)OC)nn2)c1OC. The van der Waals surface area contributed by atoms with E-state index in [1.165, 1.54) is 33.4 Å². The number of hydrogen-bond donors (Lipinski definition) is 3. The van der Waals surface area contributed by atoms with E-state index in [1.807, 2.05) is 0 Å². The van der Waals surface area contributed by atoms with Crippen molar-refractivity contribution in [1.82, 2.24) is 25.7 Å². The highest BCUT2D eigenvalue weighted by atomic mass is 16.5. The first kappa shape index (κ1) is 23.5. The van der Waals surface area contributed by atoms with Crippen molar-refractivity contribution in [3.8, 4) is 17.0 Å². The monoisotopic (exact) mass is 477 g/mol. The summed E-state index contributed by atoms with van der Waals surface area (Å²) in [7, 11) is 4.24. The van der Waals surface area contributed by atoms with Crippen LogP contribution in [0.1, 0.15) is 33.8 Å². The van der Waals surface area contributed by atoms with Gasteiger partial charge in [-0.05, 0) is 37.1 Å². The largest absolute Gasteiger partial charge is 0.494 e. The summed E-state index contributed by atoms with van der Waals surface area (Å²) in [5.41, 5.74) is 1.96. The van der Waals surface area contributed by atoms with Crippen LogP contribution in [0, 0.1) is 5.92 Å². The van der Waals surface area contributed by atoms with E-state index in [0.717, 1.165) is 12.8 Å². The van der Waals surface area contributed by atoms with Gasteiger partial charge in [0.25, 0.3) is 5.91 Å². The van der Waals surface area contributed by atoms with Gasteiger partial charge in [0, 0.05) is 24.6 Å². The molecular formula is C23H23N7O5. The molecule has 2 amide bonds. The minimum atomic E-state index is -0.595. The molecule has 0 radical (unpaired) electrons. The minimum Gasteiger partial charge on any atom is -0.494 e. The van der Waals surface area contributed by atoms with Crippen LogP contribution < -0.4 is 20.7 Å². The molecule has 1 saturated carbocycles. The molecule has 1 fully saturated rings. The zero-order valence-corrected chi connectivity index (χ0v) is 19.3. The number of methoxy groups -OCH3 is 2. The average molecular weight is 477 g/mol. The molecule has 180 valence electrons. The highest BCUT2D eigenvalue weighted by Gasteiger charge is 2.30. The van der Waals surface area contributed by atoms with E-state index in [0.29, 0.717) is 28.4 Å². The van der Waals surface area contributed by atoms with Gasteiger partial charge in [0.1, 0.15) is 0 Å². The number of esters is 1. The molecule has 12 heteroatoms. The van der Waals surface area contributed by atoms with Crippen LogP contribution in [0.15, 0.2) is 36.4 Å². The number of nitrogens with zero attached hydrogens (tertiary/aromatic N) is 4. The van der Waals surface area contributed by atoms with Gasteiger partial charge in [0.2, 0.25) is 5.91 Å². The molecule has 1 aliphatic rings. The summed E-state index contributed by atoms with van der Waals surface area (Å²) in [6.07, 6.45) is 1.68.